The number of carbonyl (C=O) groups excluding carboxylic acids is 1. The summed E-state index contributed by atoms with van der Waals surface area (Å²) < 4.78 is 12.1. The molecule has 4 nitrogen and oxygen atoms in total. The van der Waals surface area contributed by atoms with Gasteiger partial charge in [-0.1, -0.05) is 66.8 Å². The van der Waals surface area contributed by atoms with Crippen LogP contribution in [0.15, 0.2) is 47.4 Å². The molecule has 1 aliphatic rings. The SMILES string of the molecule is CCCN1C(=O)/C(=C\c2cccc(OC)c2OCc2ccc(Cl)cc2)SC1=S. The van der Waals surface area contributed by atoms with E-state index in [1.807, 2.05) is 55.5 Å². The topological polar surface area (TPSA) is 38.8 Å². The van der Waals surface area contributed by atoms with Crippen LogP contribution in [0.4, 0.5) is 0 Å². The van der Waals surface area contributed by atoms with Crippen molar-refractivity contribution < 1.29 is 14.3 Å². The average molecular weight is 434 g/mol. The number of methoxy groups -OCH3 is 1. The minimum Gasteiger partial charge on any atom is -0.493 e. The van der Waals surface area contributed by atoms with Crippen molar-refractivity contribution in [3.05, 3.63) is 63.5 Å². The van der Waals surface area contributed by atoms with E-state index >= 15 is 0 Å². The van der Waals surface area contributed by atoms with E-state index in [0.717, 1.165) is 17.5 Å². The van der Waals surface area contributed by atoms with Gasteiger partial charge in [0.05, 0.1) is 12.0 Å². The molecule has 1 heterocycles. The molecule has 0 aromatic heterocycles. The first kappa shape index (κ1) is 20.7. The fraction of sp³-hybridized carbons (Fsp3) is 0.238. The quantitative estimate of drug-likeness (QED) is 0.423. The molecular weight excluding hydrogens is 414 g/mol. The first-order chi connectivity index (χ1) is 13.5. The van der Waals surface area contributed by atoms with Gasteiger partial charge in [0.1, 0.15) is 10.9 Å². The van der Waals surface area contributed by atoms with Gasteiger partial charge in [-0.05, 0) is 36.3 Å². The number of rotatable bonds is 7. The van der Waals surface area contributed by atoms with Crippen molar-refractivity contribution in [3.63, 3.8) is 0 Å². The summed E-state index contributed by atoms with van der Waals surface area (Å²) in [5.41, 5.74) is 1.75. The molecule has 7 heteroatoms. The van der Waals surface area contributed by atoms with Crippen LogP contribution in [0.25, 0.3) is 6.08 Å². The molecule has 0 aliphatic carbocycles. The van der Waals surface area contributed by atoms with Crippen molar-refractivity contribution >= 4 is 51.9 Å². The number of thioether (sulfide) groups is 1. The molecule has 0 saturated carbocycles. The lowest BCUT2D eigenvalue weighted by molar-refractivity contribution is -0.122. The number of nitrogens with zero attached hydrogens (tertiary/aromatic N) is 1. The molecule has 0 spiro atoms. The third-order valence-corrected chi connectivity index (χ3v) is 5.76. The highest BCUT2D eigenvalue weighted by Gasteiger charge is 2.31. The average Bonchev–Trinajstić information content (AvgIpc) is 2.96. The van der Waals surface area contributed by atoms with E-state index in [1.54, 1.807) is 12.0 Å². The van der Waals surface area contributed by atoms with Crippen molar-refractivity contribution in [1.82, 2.24) is 4.90 Å². The summed E-state index contributed by atoms with van der Waals surface area (Å²) in [6.45, 7) is 3.00. The normalized spacial score (nSPS) is 15.4. The molecule has 0 atom stereocenters. The Morgan fingerprint density at radius 1 is 1.21 bits per heavy atom. The smallest absolute Gasteiger partial charge is 0.266 e. The molecule has 0 unspecified atom stereocenters. The number of halogens is 1. The zero-order chi connectivity index (χ0) is 20.1. The van der Waals surface area contributed by atoms with Crippen LogP contribution in [0.1, 0.15) is 24.5 Å². The summed E-state index contributed by atoms with van der Waals surface area (Å²) in [7, 11) is 1.59. The fourth-order valence-corrected chi connectivity index (χ4v) is 4.18. The molecule has 0 bridgehead atoms. The molecule has 0 radical (unpaired) electrons. The molecule has 1 aliphatic heterocycles. The third-order valence-electron chi connectivity index (χ3n) is 4.13. The second-order valence-electron chi connectivity index (χ2n) is 6.13. The summed E-state index contributed by atoms with van der Waals surface area (Å²) in [5, 5.41) is 0.677. The fourth-order valence-electron chi connectivity index (χ4n) is 2.76. The molecule has 1 saturated heterocycles. The Morgan fingerprint density at radius 2 is 1.96 bits per heavy atom. The van der Waals surface area contributed by atoms with Crippen molar-refractivity contribution in [2.75, 3.05) is 13.7 Å². The molecule has 2 aromatic carbocycles. The Bertz CT molecular complexity index is 912. The maximum atomic E-state index is 12.7. The minimum atomic E-state index is -0.0664. The predicted molar refractivity (Wildman–Crippen MR) is 119 cm³/mol. The Balaban J connectivity index is 1.88. The first-order valence-corrected chi connectivity index (χ1v) is 10.4. The van der Waals surface area contributed by atoms with E-state index in [0.29, 0.717) is 38.9 Å². The number of ether oxygens (including phenoxy) is 2. The number of hydrogen-bond acceptors (Lipinski definition) is 5. The number of benzene rings is 2. The Hall–Kier alpha value is -2.02. The number of amides is 1. The molecule has 1 amide bonds. The van der Waals surface area contributed by atoms with Crippen LogP contribution in [0.3, 0.4) is 0 Å². The van der Waals surface area contributed by atoms with Gasteiger partial charge in [-0.15, -0.1) is 0 Å². The highest BCUT2D eigenvalue weighted by molar-refractivity contribution is 8.26. The van der Waals surface area contributed by atoms with Gasteiger partial charge >= 0.3 is 0 Å². The maximum Gasteiger partial charge on any atom is 0.266 e. The summed E-state index contributed by atoms with van der Waals surface area (Å²) in [6.07, 6.45) is 2.67. The maximum absolute atomic E-state index is 12.7. The van der Waals surface area contributed by atoms with Gasteiger partial charge in [-0.3, -0.25) is 9.69 Å². The van der Waals surface area contributed by atoms with Gasteiger partial charge in [-0.2, -0.15) is 0 Å². The second kappa shape index (κ2) is 9.45. The predicted octanol–water partition coefficient (Wildman–Crippen LogP) is 5.54. The highest BCUT2D eigenvalue weighted by Crippen LogP contribution is 2.38. The lowest BCUT2D eigenvalue weighted by atomic mass is 10.1. The van der Waals surface area contributed by atoms with E-state index in [1.165, 1.54) is 11.8 Å². The molecule has 28 heavy (non-hydrogen) atoms. The van der Waals surface area contributed by atoms with Crippen LogP contribution >= 0.6 is 35.6 Å². The van der Waals surface area contributed by atoms with Crippen LogP contribution in [-0.2, 0) is 11.4 Å². The lowest BCUT2D eigenvalue weighted by Gasteiger charge is -2.14. The lowest BCUT2D eigenvalue weighted by Crippen LogP contribution is -2.28. The zero-order valence-electron chi connectivity index (χ0n) is 15.6. The minimum absolute atomic E-state index is 0.0664. The largest absolute Gasteiger partial charge is 0.493 e. The van der Waals surface area contributed by atoms with Crippen molar-refractivity contribution in [2.45, 2.75) is 20.0 Å². The number of thiocarbonyl (C=S) groups is 1. The Kier molecular flexibility index (Phi) is 6.99. The summed E-state index contributed by atoms with van der Waals surface area (Å²) >= 11 is 12.6. The summed E-state index contributed by atoms with van der Waals surface area (Å²) in [5.74, 6) is 1.12. The number of hydrogen-bond donors (Lipinski definition) is 0. The summed E-state index contributed by atoms with van der Waals surface area (Å²) in [6, 6.07) is 13.1. The van der Waals surface area contributed by atoms with Gasteiger partial charge in [-0.25, -0.2) is 0 Å². The molecule has 3 rings (SSSR count). The number of para-hydroxylation sites is 1. The van der Waals surface area contributed by atoms with Crippen LogP contribution in [0.2, 0.25) is 5.02 Å². The van der Waals surface area contributed by atoms with E-state index in [4.69, 9.17) is 33.3 Å². The second-order valence-corrected chi connectivity index (χ2v) is 8.24. The van der Waals surface area contributed by atoms with E-state index < -0.39 is 0 Å². The van der Waals surface area contributed by atoms with Crippen LogP contribution < -0.4 is 9.47 Å². The van der Waals surface area contributed by atoms with E-state index in [9.17, 15) is 4.79 Å². The first-order valence-electron chi connectivity index (χ1n) is 8.83. The van der Waals surface area contributed by atoms with Gasteiger partial charge in [0.2, 0.25) is 0 Å². The standard InChI is InChI=1S/C21H20ClNO3S2/c1-3-11-23-20(24)18(28-21(23)27)12-15-5-4-6-17(25-2)19(15)26-13-14-7-9-16(22)10-8-14/h4-10,12H,3,11,13H2,1-2H3/b18-12+. The zero-order valence-corrected chi connectivity index (χ0v) is 18.0. The van der Waals surface area contributed by atoms with Gasteiger partial charge in [0.15, 0.2) is 11.5 Å². The number of carbonyl (C=O) groups is 1. The van der Waals surface area contributed by atoms with E-state index in [-0.39, 0.29) is 5.91 Å². The van der Waals surface area contributed by atoms with Gasteiger partial charge < -0.3 is 9.47 Å². The third kappa shape index (κ3) is 4.69. The van der Waals surface area contributed by atoms with Crippen LogP contribution in [0, 0.1) is 0 Å². The molecule has 0 N–H and O–H groups in total. The van der Waals surface area contributed by atoms with Crippen LogP contribution in [-0.4, -0.2) is 28.8 Å². The monoisotopic (exact) mass is 433 g/mol. The summed E-state index contributed by atoms with van der Waals surface area (Å²) in [4.78, 5) is 14.9. The molecule has 2 aromatic rings. The van der Waals surface area contributed by atoms with Crippen LogP contribution in [0.5, 0.6) is 11.5 Å². The van der Waals surface area contributed by atoms with Crippen molar-refractivity contribution in [2.24, 2.45) is 0 Å². The highest BCUT2D eigenvalue weighted by atomic mass is 35.5. The van der Waals surface area contributed by atoms with Gasteiger partial charge in [0.25, 0.3) is 5.91 Å². The van der Waals surface area contributed by atoms with Crippen molar-refractivity contribution in [1.29, 1.82) is 0 Å². The van der Waals surface area contributed by atoms with Crippen molar-refractivity contribution in [3.8, 4) is 11.5 Å². The Morgan fingerprint density at radius 3 is 2.64 bits per heavy atom. The molecule has 146 valence electrons. The molecule has 1 fully saturated rings. The molecular formula is C21H20ClNO3S2. The van der Waals surface area contributed by atoms with Gasteiger partial charge in [0, 0.05) is 17.1 Å². The van der Waals surface area contributed by atoms with E-state index in [2.05, 4.69) is 0 Å². The Labute approximate surface area is 179 Å².